The molecule has 1 N–H and O–H groups in total. The SMILES string of the molecule is Cc1c(C)c2c(c(C)c1NC(=O)C(C)(C)C)C(c1ccc(C(C)C)cc1)CO2. The second kappa shape index (κ2) is 7.27. The first-order valence-corrected chi connectivity index (χ1v) is 10.2. The molecular formula is C25H33NO2. The molecule has 0 saturated heterocycles. The van der Waals surface area contributed by atoms with E-state index in [-0.39, 0.29) is 11.8 Å². The van der Waals surface area contributed by atoms with E-state index in [4.69, 9.17) is 4.74 Å². The van der Waals surface area contributed by atoms with E-state index < -0.39 is 5.41 Å². The highest BCUT2D eigenvalue weighted by Crippen LogP contribution is 2.47. The van der Waals surface area contributed by atoms with Gasteiger partial charge in [0.25, 0.3) is 0 Å². The Kier molecular flexibility index (Phi) is 5.31. The lowest BCUT2D eigenvalue weighted by Gasteiger charge is -2.23. The van der Waals surface area contributed by atoms with Crippen molar-refractivity contribution in [2.45, 2.75) is 67.2 Å². The summed E-state index contributed by atoms with van der Waals surface area (Å²) in [5.74, 6) is 1.74. The third kappa shape index (κ3) is 3.55. The summed E-state index contributed by atoms with van der Waals surface area (Å²) in [6.07, 6.45) is 0. The summed E-state index contributed by atoms with van der Waals surface area (Å²) in [4.78, 5) is 12.7. The van der Waals surface area contributed by atoms with Crippen LogP contribution in [-0.4, -0.2) is 12.5 Å². The molecule has 0 saturated carbocycles. The molecular weight excluding hydrogens is 346 g/mol. The number of hydrogen-bond acceptors (Lipinski definition) is 2. The highest BCUT2D eigenvalue weighted by Gasteiger charge is 2.33. The van der Waals surface area contributed by atoms with Crippen molar-refractivity contribution in [3.8, 4) is 5.75 Å². The van der Waals surface area contributed by atoms with Gasteiger partial charge in [0, 0.05) is 22.6 Å². The second-order valence-electron chi connectivity index (χ2n) is 9.38. The highest BCUT2D eigenvalue weighted by atomic mass is 16.5. The minimum Gasteiger partial charge on any atom is -0.492 e. The Morgan fingerprint density at radius 1 is 1.04 bits per heavy atom. The zero-order valence-corrected chi connectivity index (χ0v) is 18.5. The summed E-state index contributed by atoms with van der Waals surface area (Å²) in [6.45, 7) is 17.1. The zero-order valence-electron chi connectivity index (χ0n) is 18.5. The number of benzene rings is 2. The minimum absolute atomic E-state index is 0.0369. The topological polar surface area (TPSA) is 38.3 Å². The van der Waals surface area contributed by atoms with Gasteiger partial charge in [-0.2, -0.15) is 0 Å². The van der Waals surface area contributed by atoms with Crippen LogP contribution in [0, 0.1) is 26.2 Å². The van der Waals surface area contributed by atoms with Crippen LogP contribution in [0.5, 0.6) is 5.75 Å². The molecule has 0 aliphatic carbocycles. The van der Waals surface area contributed by atoms with Crippen LogP contribution in [-0.2, 0) is 4.79 Å². The van der Waals surface area contributed by atoms with Crippen molar-refractivity contribution in [3.63, 3.8) is 0 Å². The van der Waals surface area contributed by atoms with Gasteiger partial charge in [-0.15, -0.1) is 0 Å². The third-order valence-corrected chi connectivity index (χ3v) is 5.97. The molecule has 2 aromatic carbocycles. The smallest absolute Gasteiger partial charge is 0.229 e. The van der Waals surface area contributed by atoms with E-state index in [9.17, 15) is 4.79 Å². The normalized spacial score (nSPS) is 16.1. The molecule has 0 fully saturated rings. The molecule has 0 spiro atoms. The first kappa shape index (κ1) is 20.4. The first-order chi connectivity index (χ1) is 13.0. The van der Waals surface area contributed by atoms with Crippen LogP contribution in [0.1, 0.15) is 79.8 Å². The molecule has 1 amide bonds. The Hall–Kier alpha value is -2.29. The van der Waals surface area contributed by atoms with Crippen molar-refractivity contribution in [2.75, 3.05) is 11.9 Å². The van der Waals surface area contributed by atoms with Gasteiger partial charge in [0.1, 0.15) is 5.75 Å². The average molecular weight is 380 g/mol. The lowest BCUT2D eigenvalue weighted by atomic mass is 9.85. The summed E-state index contributed by atoms with van der Waals surface area (Å²) in [5.41, 5.74) is 7.64. The van der Waals surface area contributed by atoms with E-state index in [0.29, 0.717) is 12.5 Å². The van der Waals surface area contributed by atoms with Gasteiger partial charge in [-0.3, -0.25) is 4.79 Å². The fourth-order valence-corrected chi connectivity index (χ4v) is 3.87. The standard InChI is InChI=1S/C25H33NO2/c1-14(2)18-9-11-19(12-10-18)20-13-28-23-16(4)15(3)22(17(5)21(20)23)26-24(27)25(6,7)8/h9-12,14,20H,13H2,1-8H3,(H,26,27). The van der Waals surface area contributed by atoms with Crippen molar-refractivity contribution >= 4 is 11.6 Å². The third-order valence-electron chi connectivity index (χ3n) is 5.97. The van der Waals surface area contributed by atoms with E-state index in [1.54, 1.807) is 0 Å². The monoisotopic (exact) mass is 379 g/mol. The molecule has 1 unspecified atom stereocenters. The van der Waals surface area contributed by atoms with Gasteiger partial charge in [0.2, 0.25) is 5.91 Å². The predicted octanol–water partition coefficient (Wildman–Crippen LogP) is 6.24. The summed E-state index contributed by atoms with van der Waals surface area (Å²) >= 11 is 0. The van der Waals surface area contributed by atoms with Crippen LogP contribution in [0.15, 0.2) is 24.3 Å². The number of hydrogen-bond donors (Lipinski definition) is 1. The summed E-state index contributed by atoms with van der Waals surface area (Å²) in [6, 6.07) is 8.88. The second-order valence-corrected chi connectivity index (χ2v) is 9.38. The highest BCUT2D eigenvalue weighted by molar-refractivity contribution is 5.96. The van der Waals surface area contributed by atoms with Crippen molar-refractivity contribution in [1.82, 2.24) is 0 Å². The van der Waals surface area contributed by atoms with Crippen molar-refractivity contribution in [2.24, 2.45) is 5.41 Å². The van der Waals surface area contributed by atoms with Crippen LogP contribution < -0.4 is 10.1 Å². The Morgan fingerprint density at radius 3 is 2.18 bits per heavy atom. The van der Waals surface area contributed by atoms with Crippen LogP contribution in [0.2, 0.25) is 0 Å². The molecule has 3 rings (SSSR count). The van der Waals surface area contributed by atoms with Crippen LogP contribution in [0.3, 0.4) is 0 Å². The van der Waals surface area contributed by atoms with Gasteiger partial charge < -0.3 is 10.1 Å². The first-order valence-electron chi connectivity index (χ1n) is 10.2. The molecule has 3 heteroatoms. The maximum Gasteiger partial charge on any atom is 0.229 e. The van der Waals surface area contributed by atoms with Crippen molar-refractivity contribution < 1.29 is 9.53 Å². The number of carbonyl (C=O) groups excluding carboxylic acids is 1. The zero-order chi connectivity index (χ0) is 20.8. The Bertz CT molecular complexity index is 902. The molecule has 0 radical (unpaired) electrons. The number of amides is 1. The molecule has 0 bridgehead atoms. The van der Waals surface area contributed by atoms with Crippen molar-refractivity contribution in [3.05, 3.63) is 57.6 Å². The molecule has 150 valence electrons. The largest absolute Gasteiger partial charge is 0.492 e. The molecule has 1 aliphatic rings. The quantitative estimate of drug-likeness (QED) is 0.685. The number of carbonyl (C=O) groups is 1. The van der Waals surface area contributed by atoms with Gasteiger partial charge in [-0.05, 0) is 54.5 Å². The molecule has 1 atom stereocenters. The number of rotatable bonds is 3. The van der Waals surface area contributed by atoms with E-state index in [1.807, 2.05) is 20.8 Å². The molecule has 1 aliphatic heterocycles. The molecule has 2 aromatic rings. The van der Waals surface area contributed by atoms with Crippen LogP contribution in [0.25, 0.3) is 0 Å². The lowest BCUT2D eigenvalue weighted by molar-refractivity contribution is -0.123. The Labute approximate surface area is 169 Å². The van der Waals surface area contributed by atoms with E-state index in [2.05, 4.69) is 64.2 Å². The molecule has 3 nitrogen and oxygen atoms in total. The van der Waals surface area contributed by atoms with Gasteiger partial charge in [0.15, 0.2) is 0 Å². The summed E-state index contributed by atoms with van der Waals surface area (Å²) in [5, 5.41) is 3.19. The van der Waals surface area contributed by atoms with Gasteiger partial charge >= 0.3 is 0 Å². The van der Waals surface area contributed by atoms with Crippen LogP contribution >= 0.6 is 0 Å². The van der Waals surface area contributed by atoms with E-state index >= 15 is 0 Å². The molecule has 28 heavy (non-hydrogen) atoms. The number of ether oxygens (including phenoxy) is 1. The van der Waals surface area contributed by atoms with Crippen molar-refractivity contribution in [1.29, 1.82) is 0 Å². The molecule has 0 aromatic heterocycles. The van der Waals surface area contributed by atoms with Crippen LogP contribution in [0.4, 0.5) is 5.69 Å². The Morgan fingerprint density at radius 2 is 1.64 bits per heavy atom. The van der Waals surface area contributed by atoms with E-state index in [0.717, 1.165) is 28.1 Å². The summed E-state index contributed by atoms with van der Waals surface area (Å²) < 4.78 is 6.15. The maximum absolute atomic E-state index is 12.7. The number of nitrogens with one attached hydrogen (secondary N) is 1. The van der Waals surface area contributed by atoms with E-state index in [1.165, 1.54) is 16.7 Å². The van der Waals surface area contributed by atoms with Gasteiger partial charge in [0.05, 0.1) is 6.61 Å². The van der Waals surface area contributed by atoms with Gasteiger partial charge in [-0.25, -0.2) is 0 Å². The maximum atomic E-state index is 12.7. The summed E-state index contributed by atoms with van der Waals surface area (Å²) in [7, 11) is 0. The average Bonchev–Trinajstić information content (AvgIpc) is 3.07. The number of anilines is 1. The Balaban J connectivity index is 2.06. The predicted molar refractivity (Wildman–Crippen MR) is 117 cm³/mol. The fourth-order valence-electron chi connectivity index (χ4n) is 3.87. The number of fused-ring (bicyclic) bond motifs is 1. The van der Waals surface area contributed by atoms with Gasteiger partial charge in [-0.1, -0.05) is 58.9 Å². The fraction of sp³-hybridized carbons (Fsp3) is 0.480. The minimum atomic E-state index is -0.436. The lowest BCUT2D eigenvalue weighted by Crippen LogP contribution is -2.28. The molecule has 1 heterocycles.